The highest BCUT2D eigenvalue weighted by Crippen LogP contribution is 2.03. The van der Waals surface area contributed by atoms with Crippen LogP contribution >= 0.6 is 0 Å². The first-order valence-corrected chi connectivity index (χ1v) is 3.24. The van der Waals surface area contributed by atoms with Gasteiger partial charge in [0.1, 0.15) is 0 Å². The quantitative estimate of drug-likeness (QED) is 0.364. The highest BCUT2D eigenvalue weighted by molar-refractivity contribution is 6.64. The summed E-state index contributed by atoms with van der Waals surface area (Å²) in [6.45, 7) is 1.87. The summed E-state index contributed by atoms with van der Waals surface area (Å²) in [7, 11) is 0.549. The molecule has 0 bridgehead atoms. The molecule has 1 fully saturated rings. The number of rotatable bonds is 2. The smallest absolute Gasteiger partial charge is 0.281 e. The van der Waals surface area contributed by atoms with Crippen LogP contribution in [0.2, 0.25) is 0 Å². The Morgan fingerprint density at radius 1 is 1.78 bits per heavy atom. The van der Waals surface area contributed by atoms with E-state index in [0.717, 1.165) is 25.7 Å². The van der Waals surface area contributed by atoms with Crippen LogP contribution in [-0.4, -0.2) is 37.5 Å². The van der Waals surface area contributed by atoms with E-state index in [1.54, 1.807) is 0 Å². The van der Waals surface area contributed by atoms with Crippen molar-refractivity contribution in [2.24, 2.45) is 5.73 Å². The minimum absolute atomic E-state index is 0.296. The Bertz CT molecular complexity index is 109. The highest BCUT2D eigenvalue weighted by Gasteiger charge is 2.18. The SMILES string of the molecule is NC1CCN(BC=O)C1. The first-order chi connectivity index (χ1) is 4.33. The van der Waals surface area contributed by atoms with Crippen molar-refractivity contribution in [1.82, 2.24) is 4.81 Å². The predicted molar refractivity (Wildman–Crippen MR) is 38.1 cm³/mol. The second-order valence-corrected chi connectivity index (χ2v) is 2.47. The normalized spacial score (nSPS) is 28.3. The van der Waals surface area contributed by atoms with Crippen LogP contribution in [0.1, 0.15) is 6.42 Å². The van der Waals surface area contributed by atoms with Gasteiger partial charge in [-0.1, -0.05) is 0 Å². The monoisotopic (exact) mass is 126 g/mol. The maximum atomic E-state index is 9.99. The summed E-state index contributed by atoms with van der Waals surface area (Å²) in [5.74, 6) is 0. The summed E-state index contributed by atoms with van der Waals surface area (Å²) in [5, 5.41) is 0. The van der Waals surface area contributed by atoms with Crippen LogP contribution in [0, 0.1) is 0 Å². The van der Waals surface area contributed by atoms with E-state index in [-0.39, 0.29) is 0 Å². The molecule has 0 amide bonds. The third-order valence-corrected chi connectivity index (χ3v) is 1.64. The summed E-state index contributed by atoms with van der Waals surface area (Å²) in [6, 6.07) is 0.296. The Morgan fingerprint density at radius 2 is 2.56 bits per heavy atom. The average Bonchev–Trinajstić information content (AvgIpc) is 2.17. The molecule has 4 heteroatoms. The molecule has 0 aromatic carbocycles. The van der Waals surface area contributed by atoms with Crippen LogP contribution in [0.15, 0.2) is 0 Å². The Morgan fingerprint density at radius 3 is 3.00 bits per heavy atom. The molecule has 2 N–H and O–H groups in total. The summed E-state index contributed by atoms with van der Waals surface area (Å²) in [6.07, 6.45) is 1.96. The van der Waals surface area contributed by atoms with Gasteiger partial charge in [-0.05, 0) is 13.0 Å². The highest BCUT2D eigenvalue weighted by atomic mass is 16.1. The number of hydrogen-bond donors (Lipinski definition) is 1. The largest absolute Gasteiger partial charge is 0.337 e. The molecule has 0 aliphatic carbocycles. The van der Waals surface area contributed by atoms with Gasteiger partial charge in [-0.2, -0.15) is 0 Å². The minimum Gasteiger partial charge on any atom is -0.337 e. The van der Waals surface area contributed by atoms with Gasteiger partial charge in [-0.3, -0.25) is 0 Å². The second kappa shape index (κ2) is 2.99. The predicted octanol–water partition coefficient (Wildman–Crippen LogP) is -1.44. The standard InChI is InChI=1S/C5H11BN2O/c7-5-1-2-8(3-5)6-4-9/h4-6H,1-3,7H2. The fraction of sp³-hybridized carbons (Fsp3) is 0.800. The number of carbonyl (C=O) groups excluding carboxylic acids is 1. The third kappa shape index (κ3) is 1.80. The number of carbonyl (C=O) groups is 1. The van der Waals surface area contributed by atoms with Crippen molar-refractivity contribution >= 4 is 13.6 Å². The molecule has 1 atom stereocenters. The summed E-state index contributed by atoms with van der Waals surface area (Å²) < 4.78 is 0. The van der Waals surface area contributed by atoms with E-state index in [1.807, 2.05) is 0 Å². The van der Waals surface area contributed by atoms with E-state index in [2.05, 4.69) is 4.81 Å². The topological polar surface area (TPSA) is 46.3 Å². The third-order valence-electron chi connectivity index (χ3n) is 1.64. The Hall–Kier alpha value is -0.345. The zero-order valence-electron chi connectivity index (χ0n) is 5.42. The number of nitrogens with zero attached hydrogens (tertiary/aromatic N) is 1. The Kier molecular flexibility index (Phi) is 2.25. The van der Waals surface area contributed by atoms with Crippen LogP contribution in [-0.2, 0) is 4.79 Å². The second-order valence-electron chi connectivity index (χ2n) is 2.47. The van der Waals surface area contributed by atoms with Crippen molar-refractivity contribution in [3.63, 3.8) is 0 Å². The van der Waals surface area contributed by atoms with Crippen molar-refractivity contribution in [2.75, 3.05) is 13.1 Å². The number of nitrogens with two attached hydrogens (primary N) is 1. The van der Waals surface area contributed by atoms with Gasteiger partial charge < -0.3 is 15.3 Å². The van der Waals surface area contributed by atoms with E-state index in [4.69, 9.17) is 5.73 Å². The molecule has 9 heavy (non-hydrogen) atoms. The first kappa shape index (κ1) is 6.77. The van der Waals surface area contributed by atoms with Crippen LogP contribution in [0.4, 0.5) is 0 Å². The molecule has 0 spiro atoms. The van der Waals surface area contributed by atoms with E-state index in [0.29, 0.717) is 13.5 Å². The van der Waals surface area contributed by atoms with Crippen molar-refractivity contribution in [3.8, 4) is 0 Å². The van der Waals surface area contributed by atoms with Gasteiger partial charge in [0.05, 0.1) is 6.19 Å². The molecule has 1 rings (SSSR count). The van der Waals surface area contributed by atoms with E-state index >= 15 is 0 Å². The Labute approximate surface area is 55.5 Å². The van der Waals surface area contributed by atoms with E-state index < -0.39 is 0 Å². The molecular formula is C5H11BN2O. The molecule has 1 saturated heterocycles. The molecule has 0 radical (unpaired) electrons. The zero-order valence-corrected chi connectivity index (χ0v) is 5.42. The molecule has 0 aromatic rings. The van der Waals surface area contributed by atoms with Crippen molar-refractivity contribution in [2.45, 2.75) is 12.5 Å². The lowest BCUT2D eigenvalue weighted by atomic mass is 9.96. The lowest BCUT2D eigenvalue weighted by Crippen LogP contribution is -2.30. The molecular weight excluding hydrogens is 115 g/mol. The van der Waals surface area contributed by atoms with Crippen LogP contribution in [0.3, 0.4) is 0 Å². The van der Waals surface area contributed by atoms with Gasteiger partial charge in [0.2, 0.25) is 0 Å². The summed E-state index contributed by atoms with van der Waals surface area (Å²) in [5.41, 5.74) is 5.60. The van der Waals surface area contributed by atoms with Crippen LogP contribution in [0.5, 0.6) is 0 Å². The molecule has 0 aromatic heterocycles. The minimum atomic E-state index is 0.296. The molecule has 1 aliphatic heterocycles. The van der Waals surface area contributed by atoms with Gasteiger partial charge >= 0.3 is 0 Å². The summed E-state index contributed by atoms with van der Waals surface area (Å²) >= 11 is 0. The fourth-order valence-electron chi connectivity index (χ4n) is 1.13. The number of hydrogen-bond acceptors (Lipinski definition) is 3. The van der Waals surface area contributed by atoms with Crippen LogP contribution in [0.25, 0.3) is 0 Å². The van der Waals surface area contributed by atoms with Crippen molar-refractivity contribution in [3.05, 3.63) is 0 Å². The van der Waals surface area contributed by atoms with Gasteiger partial charge in [-0.15, -0.1) is 0 Å². The van der Waals surface area contributed by atoms with Crippen molar-refractivity contribution in [1.29, 1.82) is 0 Å². The molecule has 50 valence electrons. The lowest BCUT2D eigenvalue weighted by Gasteiger charge is -2.07. The molecule has 1 aliphatic rings. The molecule has 0 saturated carbocycles. The van der Waals surface area contributed by atoms with Gasteiger partial charge in [-0.25, -0.2) is 0 Å². The summed E-state index contributed by atoms with van der Waals surface area (Å²) in [4.78, 5) is 12.1. The van der Waals surface area contributed by atoms with E-state index in [1.165, 1.54) is 0 Å². The van der Waals surface area contributed by atoms with Gasteiger partial charge in [0, 0.05) is 12.6 Å². The Balaban J connectivity index is 2.21. The zero-order chi connectivity index (χ0) is 6.69. The van der Waals surface area contributed by atoms with Crippen molar-refractivity contribution < 1.29 is 4.79 Å². The maximum absolute atomic E-state index is 9.99. The maximum Gasteiger partial charge on any atom is 0.281 e. The molecule has 1 unspecified atom stereocenters. The first-order valence-electron chi connectivity index (χ1n) is 3.24. The lowest BCUT2D eigenvalue weighted by molar-refractivity contribution is 0.533. The average molecular weight is 126 g/mol. The van der Waals surface area contributed by atoms with Gasteiger partial charge in [0.15, 0.2) is 0 Å². The van der Waals surface area contributed by atoms with Crippen LogP contribution < -0.4 is 5.73 Å². The van der Waals surface area contributed by atoms with Gasteiger partial charge in [0.25, 0.3) is 7.41 Å². The van der Waals surface area contributed by atoms with E-state index in [9.17, 15) is 4.79 Å². The fourth-order valence-corrected chi connectivity index (χ4v) is 1.13. The molecule has 1 heterocycles. The molecule has 3 nitrogen and oxygen atoms in total.